The minimum Gasteiger partial charge on any atom is -0.325 e. The number of hydrogen-bond donors (Lipinski definition) is 1. The standard InChI is InChI=1S/C23H31N3O5S2/c1-25(2)33(30,31)22-10-6-5-9-21(22)24-23(27)16-13-19-11-14-20(15-12-19)32(28,29)26-17-7-3-4-8-18-26/h5-6,9-12,14-15H,3-4,7-8,13,16-18H2,1-2H3,(H,24,27). The van der Waals surface area contributed by atoms with Crippen LogP contribution in [0.25, 0.3) is 0 Å². The first kappa shape index (κ1) is 25.4. The van der Waals surface area contributed by atoms with E-state index in [0.29, 0.717) is 19.5 Å². The van der Waals surface area contributed by atoms with E-state index in [1.807, 2.05) is 0 Å². The highest BCUT2D eigenvalue weighted by Crippen LogP contribution is 2.24. The Labute approximate surface area is 196 Å². The Morgan fingerprint density at radius 2 is 1.52 bits per heavy atom. The van der Waals surface area contributed by atoms with Crippen LogP contribution in [-0.4, -0.2) is 58.5 Å². The number of nitrogens with zero attached hydrogens (tertiary/aromatic N) is 2. The predicted octanol–water partition coefficient (Wildman–Crippen LogP) is 3.07. The molecule has 1 aliphatic rings. The molecule has 0 atom stereocenters. The first-order valence-electron chi connectivity index (χ1n) is 11.0. The van der Waals surface area contributed by atoms with E-state index in [1.165, 1.54) is 20.2 Å². The van der Waals surface area contributed by atoms with Gasteiger partial charge in [0.15, 0.2) is 0 Å². The van der Waals surface area contributed by atoms with Crippen LogP contribution in [0.2, 0.25) is 0 Å². The number of sulfonamides is 2. The molecule has 0 spiro atoms. The number of anilines is 1. The number of amides is 1. The lowest BCUT2D eigenvalue weighted by Gasteiger charge is -2.20. The van der Waals surface area contributed by atoms with E-state index in [1.54, 1.807) is 46.8 Å². The third-order valence-electron chi connectivity index (χ3n) is 5.69. The van der Waals surface area contributed by atoms with E-state index >= 15 is 0 Å². The van der Waals surface area contributed by atoms with Crippen molar-refractivity contribution in [2.45, 2.75) is 48.3 Å². The number of rotatable bonds is 8. The van der Waals surface area contributed by atoms with Crippen LogP contribution >= 0.6 is 0 Å². The Kier molecular flexibility index (Phi) is 8.28. The lowest BCUT2D eigenvalue weighted by atomic mass is 10.1. The molecule has 0 unspecified atom stereocenters. The van der Waals surface area contributed by atoms with Crippen LogP contribution in [-0.2, 0) is 31.3 Å². The van der Waals surface area contributed by atoms with Crippen molar-refractivity contribution in [1.82, 2.24) is 8.61 Å². The van der Waals surface area contributed by atoms with Crippen molar-refractivity contribution in [3.63, 3.8) is 0 Å². The van der Waals surface area contributed by atoms with Crippen LogP contribution in [0.4, 0.5) is 5.69 Å². The molecule has 1 N–H and O–H groups in total. The first-order valence-corrected chi connectivity index (χ1v) is 13.9. The fraction of sp³-hybridized carbons (Fsp3) is 0.435. The largest absolute Gasteiger partial charge is 0.325 e. The molecule has 2 aromatic rings. The molecule has 2 aromatic carbocycles. The van der Waals surface area contributed by atoms with Gasteiger partial charge in [-0.25, -0.2) is 21.1 Å². The Bertz CT molecular complexity index is 1170. The predicted molar refractivity (Wildman–Crippen MR) is 128 cm³/mol. The van der Waals surface area contributed by atoms with E-state index in [2.05, 4.69) is 5.32 Å². The molecule has 3 rings (SSSR count). The van der Waals surface area contributed by atoms with Crippen molar-refractivity contribution >= 4 is 31.6 Å². The monoisotopic (exact) mass is 493 g/mol. The summed E-state index contributed by atoms with van der Waals surface area (Å²) in [5, 5.41) is 2.68. The van der Waals surface area contributed by atoms with Gasteiger partial charge in [-0.2, -0.15) is 4.31 Å². The number of benzene rings is 2. The van der Waals surface area contributed by atoms with E-state index < -0.39 is 20.0 Å². The van der Waals surface area contributed by atoms with Crippen molar-refractivity contribution in [3.05, 3.63) is 54.1 Å². The zero-order valence-electron chi connectivity index (χ0n) is 19.0. The van der Waals surface area contributed by atoms with Gasteiger partial charge >= 0.3 is 0 Å². The Hall–Kier alpha value is -2.27. The number of nitrogens with one attached hydrogen (secondary N) is 1. The van der Waals surface area contributed by atoms with E-state index in [4.69, 9.17) is 0 Å². The van der Waals surface area contributed by atoms with Gasteiger partial charge in [0.2, 0.25) is 26.0 Å². The van der Waals surface area contributed by atoms with Crippen molar-refractivity contribution in [3.8, 4) is 0 Å². The Balaban J connectivity index is 1.63. The molecule has 0 radical (unpaired) electrons. The van der Waals surface area contributed by atoms with Gasteiger partial charge in [-0.05, 0) is 49.1 Å². The highest BCUT2D eigenvalue weighted by atomic mass is 32.2. The molecule has 1 heterocycles. The molecule has 10 heteroatoms. The Morgan fingerprint density at radius 3 is 2.12 bits per heavy atom. The fourth-order valence-corrected chi connectivity index (χ4v) is 6.28. The van der Waals surface area contributed by atoms with E-state index in [-0.39, 0.29) is 27.8 Å². The maximum absolute atomic E-state index is 12.9. The number of para-hydroxylation sites is 1. The van der Waals surface area contributed by atoms with Crippen LogP contribution < -0.4 is 5.32 Å². The summed E-state index contributed by atoms with van der Waals surface area (Å²) in [5.74, 6) is -0.322. The minimum atomic E-state index is -3.69. The van der Waals surface area contributed by atoms with Crippen molar-refractivity contribution < 1.29 is 21.6 Å². The molecule has 1 saturated heterocycles. The molecular formula is C23H31N3O5S2. The van der Waals surface area contributed by atoms with Gasteiger partial charge in [-0.3, -0.25) is 4.79 Å². The topological polar surface area (TPSA) is 104 Å². The molecule has 0 bridgehead atoms. The maximum atomic E-state index is 12.9. The zero-order valence-corrected chi connectivity index (χ0v) is 20.7. The summed E-state index contributed by atoms with van der Waals surface area (Å²) in [6.07, 6.45) is 4.40. The number of carbonyl (C=O) groups excluding carboxylic acids is 1. The summed E-state index contributed by atoms with van der Waals surface area (Å²) in [7, 11) is -4.33. The first-order chi connectivity index (χ1) is 15.6. The number of carbonyl (C=O) groups is 1. The molecule has 33 heavy (non-hydrogen) atoms. The second-order valence-corrected chi connectivity index (χ2v) is 12.4. The van der Waals surface area contributed by atoms with E-state index in [0.717, 1.165) is 35.6 Å². The minimum absolute atomic E-state index is 0.0337. The third kappa shape index (κ3) is 6.20. The van der Waals surface area contributed by atoms with Crippen LogP contribution in [0.5, 0.6) is 0 Å². The van der Waals surface area contributed by atoms with Gasteiger partial charge < -0.3 is 5.32 Å². The molecule has 0 aromatic heterocycles. The molecule has 180 valence electrons. The lowest BCUT2D eigenvalue weighted by Crippen LogP contribution is -2.31. The second-order valence-electron chi connectivity index (χ2n) is 8.29. The lowest BCUT2D eigenvalue weighted by molar-refractivity contribution is -0.116. The highest BCUT2D eigenvalue weighted by molar-refractivity contribution is 7.89. The fourth-order valence-electron chi connectivity index (χ4n) is 3.72. The molecule has 0 saturated carbocycles. The average Bonchev–Trinajstić information content (AvgIpc) is 3.08. The summed E-state index contributed by atoms with van der Waals surface area (Å²) >= 11 is 0. The zero-order chi connectivity index (χ0) is 24.1. The van der Waals surface area contributed by atoms with Gasteiger partial charge in [-0.15, -0.1) is 0 Å². The summed E-state index contributed by atoms with van der Waals surface area (Å²) in [6.45, 7) is 1.10. The number of aryl methyl sites for hydroxylation is 1. The summed E-state index contributed by atoms with van der Waals surface area (Å²) < 4.78 is 53.4. The van der Waals surface area contributed by atoms with Gasteiger partial charge in [0.1, 0.15) is 4.90 Å². The molecule has 1 amide bonds. The highest BCUT2D eigenvalue weighted by Gasteiger charge is 2.25. The van der Waals surface area contributed by atoms with Crippen molar-refractivity contribution in [2.75, 3.05) is 32.5 Å². The molecule has 1 aliphatic heterocycles. The van der Waals surface area contributed by atoms with Crippen LogP contribution in [0.15, 0.2) is 58.3 Å². The third-order valence-corrected chi connectivity index (χ3v) is 9.47. The van der Waals surface area contributed by atoms with Gasteiger partial charge in [0.25, 0.3) is 0 Å². The van der Waals surface area contributed by atoms with Gasteiger partial charge in [0, 0.05) is 33.6 Å². The molecule has 0 aliphatic carbocycles. The van der Waals surface area contributed by atoms with Crippen LogP contribution in [0.3, 0.4) is 0 Å². The van der Waals surface area contributed by atoms with Gasteiger partial charge in [-0.1, -0.05) is 37.1 Å². The second kappa shape index (κ2) is 10.8. The normalized spacial score (nSPS) is 15.8. The SMILES string of the molecule is CN(C)S(=O)(=O)c1ccccc1NC(=O)CCc1ccc(S(=O)(=O)N2CCCCCC2)cc1. The number of hydrogen-bond acceptors (Lipinski definition) is 5. The molecule has 8 nitrogen and oxygen atoms in total. The molecular weight excluding hydrogens is 462 g/mol. The smallest absolute Gasteiger partial charge is 0.244 e. The molecule has 1 fully saturated rings. The Morgan fingerprint density at radius 1 is 0.909 bits per heavy atom. The van der Waals surface area contributed by atoms with Crippen molar-refractivity contribution in [2.24, 2.45) is 0 Å². The van der Waals surface area contributed by atoms with Crippen LogP contribution in [0.1, 0.15) is 37.7 Å². The quantitative estimate of drug-likeness (QED) is 0.609. The maximum Gasteiger partial charge on any atom is 0.244 e. The summed E-state index contributed by atoms with van der Waals surface area (Å²) in [6, 6.07) is 12.9. The van der Waals surface area contributed by atoms with Crippen molar-refractivity contribution in [1.29, 1.82) is 0 Å². The average molecular weight is 494 g/mol. The summed E-state index contributed by atoms with van der Waals surface area (Å²) in [4.78, 5) is 12.8. The van der Waals surface area contributed by atoms with Gasteiger partial charge in [0.05, 0.1) is 10.6 Å². The van der Waals surface area contributed by atoms with Crippen LogP contribution in [0, 0.1) is 0 Å². The van der Waals surface area contributed by atoms with E-state index in [9.17, 15) is 21.6 Å². The summed E-state index contributed by atoms with van der Waals surface area (Å²) in [5.41, 5.74) is 1.06.